The van der Waals surface area contributed by atoms with Gasteiger partial charge in [-0.05, 0) is 19.2 Å². The first kappa shape index (κ1) is 12.1. The van der Waals surface area contributed by atoms with Crippen molar-refractivity contribution in [3.05, 3.63) is 11.8 Å². The third kappa shape index (κ3) is 10.4. The Labute approximate surface area is 63.6 Å². The highest BCUT2D eigenvalue weighted by atomic mass is 16.5. The minimum absolute atomic E-state index is 0.638. The van der Waals surface area contributed by atoms with E-state index in [-0.39, 0.29) is 0 Å². The van der Waals surface area contributed by atoms with Crippen LogP contribution in [0.3, 0.4) is 0 Å². The summed E-state index contributed by atoms with van der Waals surface area (Å²) in [5.74, 6) is 0. The molecule has 0 saturated heterocycles. The Balaban J connectivity index is 0. The Kier molecular flexibility index (Phi) is 13.5. The topological polar surface area (TPSA) is 21.6 Å². The predicted molar refractivity (Wildman–Crippen MR) is 46.5 cm³/mol. The Morgan fingerprint density at radius 3 is 2.40 bits per heavy atom. The van der Waals surface area contributed by atoms with Crippen LogP contribution in [0.15, 0.2) is 16.8 Å². The molecule has 60 valence electrons. The fourth-order valence-electron chi connectivity index (χ4n) is 0.421. The maximum Gasteiger partial charge on any atom is 0.0688 e. The van der Waals surface area contributed by atoms with Gasteiger partial charge in [-0.3, -0.25) is 4.99 Å². The second-order valence-corrected chi connectivity index (χ2v) is 1.59. The number of rotatable bonds is 3. The summed E-state index contributed by atoms with van der Waals surface area (Å²) in [5, 5.41) is 0. The van der Waals surface area contributed by atoms with Crippen LogP contribution in [0, 0.1) is 0 Å². The molecule has 0 rings (SSSR count). The average Bonchev–Trinajstić information content (AvgIpc) is 1.93. The first-order valence-corrected chi connectivity index (χ1v) is 3.41. The summed E-state index contributed by atoms with van der Waals surface area (Å²) in [4.78, 5) is 3.56. The van der Waals surface area contributed by atoms with Gasteiger partial charge in [0, 0.05) is 13.3 Å². The molecule has 0 aromatic carbocycles. The van der Waals surface area contributed by atoms with E-state index < -0.39 is 0 Å². The average molecular weight is 143 g/mol. The normalized spacial score (nSPS) is 9.80. The van der Waals surface area contributed by atoms with Gasteiger partial charge in [0.2, 0.25) is 0 Å². The molecule has 0 bridgehead atoms. The van der Waals surface area contributed by atoms with Crippen molar-refractivity contribution in [3.63, 3.8) is 0 Å². The van der Waals surface area contributed by atoms with Crippen LogP contribution in [-0.4, -0.2) is 20.4 Å². The van der Waals surface area contributed by atoms with Gasteiger partial charge in [-0.15, -0.1) is 0 Å². The fourth-order valence-corrected chi connectivity index (χ4v) is 0.421. The smallest absolute Gasteiger partial charge is 0.0688 e. The van der Waals surface area contributed by atoms with Crippen LogP contribution in [0.5, 0.6) is 0 Å². The van der Waals surface area contributed by atoms with Crippen LogP contribution in [0.1, 0.15) is 20.8 Å². The lowest BCUT2D eigenvalue weighted by atomic mass is 10.4. The molecule has 0 aliphatic heterocycles. The fraction of sp³-hybridized carbons (Fsp3) is 0.625. The molecule has 0 N–H and O–H groups in total. The monoisotopic (exact) mass is 143 g/mol. The van der Waals surface area contributed by atoms with E-state index in [1.54, 1.807) is 13.3 Å². The van der Waals surface area contributed by atoms with E-state index in [0.29, 0.717) is 6.61 Å². The third-order valence-corrected chi connectivity index (χ3v) is 0.684. The number of methoxy groups -OCH3 is 1. The zero-order valence-corrected chi connectivity index (χ0v) is 7.35. The molecule has 0 aromatic rings. The lowest BCUT2D eigenvalue weighted by Crippen LogP contribution is -1.87. The van der Waals surface area contributed by atoms with Crippen LogP contribution in [-0.2, 0) is 4.74 Å². The summed E-state index contributed by atoms with van der Waals surface area (Å²) >= 11 is 0. The molecule has 2 nitrogen and oxygen atoms in total. The zero-order chi connectivity index (χ0) is 8.41. The van der Waals surface area contributed by atoms with Crippen molar-refractivity contribution in [2.75, 3.05) is 13.7 Å². The highest BCUT2D eigenvalue weighted by molar-refractivity contribution is 5.26. The molecule has 0 amide bonds. The van der Waals surface area contributed by atoms with Crippen molar-refractivity contribution >= 4 is 6.72 Å². The van der Waals surface area contributed by atoms with Crippen molar-refractivity contribution in [1.29, 1.82) is 0 Å². The van der Waals surface area contributed by atoms with Crippen LogP contribution in [0.4, 0.5) is 0 Å². The summed E-state index contributed by atoms with van der Waals surface area (Å²) in [6.45, 7) is 9.88. The molecular weight excluding hydrogens is 126 g/mol. The number of hydrogen-bond acceptors (Lipinski definition) is 2. The number of aliphatic imine (C=N–C) groups is 1. The van der Waals surface area contributed by atoms with Crippen molar-refractivity contribution in [1.82, 2.24) is 0 Å². The van der Waals surface area contributed by atoms with Gasteiger partial charge < -0.3 is 4.74 Å². The van der Waals surface area contributed by atoms with Gasteiger partial charge in [-0.25, -0.2) is 0 Å². The molecule has 0 aliphatic carbocycles. The van der Waals surface area contributed by atoms with E-state index in [4.69, 9.17) is 4.74 Å². The van der Waals surface area contributed by atoms with Gasteiger partial charge in [0.25, 0.3) is 0 Å². The van der Waals surface area contributed by atoms with Gasteiger partial charge in [-0.1, -0.05) is 13.8 Å². The second kappa shape index (κ2) is 11.2. The third-order valence-electron chi connectivity index (χ3n) is 0.684. The van der Waals surface area contributed by atoms with E-state index in [0.717, 1.165) is 5.57 Å². The number of ether oxygens (including phenoxy) is 1. The minimum Gasteiger partial charge on any atom is -0.380 e. The SMILES string of the molecule is C=N/C=C(\C)COC.CC. The molecule has 0 heterocycles. The highest BCUT2D eigenvalue weighted by Crippen LogP contribution is 1.90. The maximum absolute atomic E-state index is 4.80. The quantitative estimate of drug-likeness (QED) is 0.555. The summed E-state index contributed by atoms with van der Waals surface area (Å²) in [5.41, 5.74) is 1.09. The molecule has 10 heavy (non-hydrogen) atoms. The zero-order valence-electron chi connectivity index (χ0n) is 7.35. The standard InChI is InChI=1S/C6H11NO.C2H6/c1-6(4-7-2)5-8-3;1-2/h4H,2,5H2,1,3H3;1-2H3/b6-4+;. The Hall–Kier alpha value is -0.630. The summed E-state index contributed by atoms with van der Waals surface area (Å²) in [7, 11) is 1.65. The Morgan fingerprint density at radius 1 is 1.60 bits per heavy atom. The van der Waals surface area contributed by atoms with E-state index >= 15 is 0 Å². The van der Waals surface area contributed by atoms with E-state index in [1.165, 1.54) is 0 Å². The van der Waals surface area contributed by atoms with Gasteiger partial charge >= 0.3 is 0 Å². The van der Waals surface area contributed by atoms with E-state index in [1.807, 2.05) is 20.8 Å². The lowest BCUT2D eigenvalue weighted by molar-refractivity contribution is 0.225. The molecule has 0 aromatic heterocycles. The van der Waals surface area contributed by atoms with Crippen molar-refractivity contribution in [3.8, 4) is 0 Å². The molecular formula is C8H17NO. The van der Waals surface area contributed by atoms with Gasteiger partial charge in [0.15, 0.2) is 0 Å². The van der Waals surface area contributed by atoms with Crippen LogP contribution in [0.25, 0.3) is 0 Å². The van der Waals surface area contributed by atoms with Crippen molar-refractivity contribution < 1.29 is 4.74 Å². The molecule has 0 spiro atoms. The van der Waals surface area contributed by atoms with E-state index in [2.05, 4.69) is 11.7 Å². The number of nitrogens with zero attached hydrogens (tertiary/aromatic N) is 1. The first-order valence-electron chi connectivity index (χ1n) is 3.41. The predicted octanol–water partition coefficient (Wildman–Crippen LogP) is 2.26. The first-order chi connectivity index (χ1) is 4.81. The summed E-state index contributed by atoms with van der Waals surface area (Å²) in [6.07, 6.45) is 1.68. The summed E-state index contributed by atoms with van der Waals surface area (Å²) in [6, 6.07) is 0. The van der Waals surface area contributed by atoms with Crippen LogP contribution >= 0.6 is 0 Å². The summed E-state index contributed by atoms with van der Waals surface area (Å²) < 4.78 is 4.80. The lowest BCUT2D eigenvalue weighted by Gasteiger charge is -1.93. The van der Waals surface area contributed by atoms with Crippen LogP contribution < -0.4 is 0 Å². The molecule has 0 fully saturated rings. The van der Waals surface area contributed by atoms with Crippen molar-refractivity contribution in [2.24, 2.45) is 4.99 Å². The Bertz CT molecular complexity index is 97.4. The van der Waals surface area contributed by atoms with E-state index in [9.17, 15) is 0 Å². The minimum atomic E-state index is 0.638. The molecule has 0 saturated carbocycles. The molecule has 0 unspecified atom stereocenters. The number of hydrogen-bond donors (Lipinski definition) is 0. The van der Waals surface area contributed by atoms with Gasteiger partial charge in [0.1, 0.15) is 0 Å². The van der Waals surface area contributed by atoms with Gasteiger partial charge in [-0.2, -0.15) is 0 Å². The molecule has 0 atom stereocenters. The van der Waals surface area contributed by atoms with Gasteiger partial charge in [0.05, 0.1) is 6.61 Å². The van der Waals surface area contributed by atoms with Crippen molar-refractivity contribution in [2.45, 2.75) is 20.8 Å². The Morgan fingerprint density at radius 2 is 2.10 bits per heavy atom. The van der Waals surface area contributed by atoms with Crippen LogP contribution in [0.2, 0.25) is 0 Å². The second-order valence-electron chi connectivity index (χ2n) is 1.59. The molecule has 0 aliphatic rings. The molecule has 0 radical (unpaired) electrons. The maximum atomic E-state index is 4.80. The highest BCUT2D eigenvalue weighted by Gasteiger charge is 1.81. The largest absolute Gasteiger partial charge is 0.380 e. The molecule has 2 heteroatoms.